The van der Waals surface area contributed by atoms with Crippen molar-refractivity contribution in [3.8, 4) is 5.75 Å². The molecule has 0 unspecified atom stereocenters. The minimum Gasteiger partial charge on any atom is -0.464 e. The topological polar surface area (TPSA) is 149 Å². The number of sulfonamides is 1. The molecule has 0 spiro atoms. The number of aryl methyl sites for hydroxylation is 1. The zero-order chi connectivity index (χ0) is 34.1. The molecule has 252 valence electrons. The highest BCUT2D eigenvalue weighted by atomic mass is 32.2. The van der Waals surface area contributed by atoms with Gasteiger partial charge in [0.25, 0.3) is 0 Å². The predicted octanol–water partition coefficient (Wildman–Crippen LogP) is 3.99. The highest BCUT2D eigenvalue weighted by Gasteiger charge is 2.41. The number of esters is 2. The van der Waals surface area contributed by atoms with E-state index in [0.29, 0.717) is 31.2 Å². The van der Waals surface area contributed by atoms with Crippen molar-refractivity contribution >= 4 is 34.0 Å². The van der Waals surface area contributed by atoms with Gasteiger partial charge >= 0.3 is 18.0 Å². The fraction of sp³-hybridized carbons (Fsp3) is 0.515. The molecule has 13 heteroatoms. The fourth-order valence-electron chi connectivity index (χ4n) is 4.74. The Balaban J connectivity index is 1.68. The maximum absolute atomic E-state index is 13.5. The van der Waals surface area contributed by atoms with Crippen molar-refractivity contribution < 1.29 is 41.8 Å². The van der Waals surface area contributed by atoms with Crippen LogP contribution in [0.5, 0.6) is 5.75 Å². The average molecular weight is 660 g/mol. The first-order chi connectivity index (χ1) is 21.6. The molecule has 1 aliphatic heterocycles. The van der Waals surface area contributed by atoms with E-state index in [2.05, 4.69) is 5.32 Å². The Bertz CT molecular complexity index is 1470. The van der Waals surface area contributed by atoms with Crippen molar-refractivity contribution in [1.82, 2.24) is 14.5 Å². The van der Waals surface area contributed by atoms with E-state index in [1.807, 2.05) is 13.8 Å². The van der Waals surface area contributed by atoms with E-state index in [9.17, 15) is 27.6 Å². The lowest BCUT2D eigenvalue weighted by atomic mass is 10.0. The number of rotatable bonds is 13. The minimum atomic E-state index is -3.94. The molecule has 1 aliphatic rings. The van der Waals surface area contributed by atoms with Crippen molar-refractivity contribution in [1.29, 1.82) is 0 Å². The van der Waals surface area contributed by atoms with Crippen molar-refractivity contribution in [3.63, 3.8) is 0 Å². The van der Waals surface area contributed by atoms with Gasteiger partial charge in [-0.1, -0.05) is 36.8 Å². The van der Waals surface area contributed by atoms with Crippen LogP contribution in [0.3, 0.4) is 0 Å². The monoisotopic (exact) mass is 659 g/mol. The molecule has 1 N–H and O–H groups in total. The molecule has 2 aromatic rings. The van der Waals surface area contributed by atoms with E-state index in [1.54, 1.807) is 57.2 Å². The summed E-state index contributed by atoms with van der Waals surface area (Å²) in [6.45, 7) is 9.27. The van der Waals surface area contributed by atoms with E-state index >= 15 is 0 Å². The van der Waals surface area contributed by atoms with E-state index in [0.717, 1.165) is 5.56 Å². The maximum Gasteiger partial charge on any atom is 0.415 e. The Morgan fingerprint density at radius 3 is 2.30 bits per heavy atom. The number of nitrogens with zero attached hydrogens (tertiary/aromatic N) is 2. The van der Waals surface area contributed by atoms with Crippen molar-refractivity contribution in [2.75, 3.05) is 26.7 Å². The van der Waals surface area contributed by atoms with Gasteiger partial charge in [-0.05, 0) is 76.8 Å². The molecule has 0 radical (unpaired) electrons. The summed E-state index contributed by atoms with van der Waals surface area (Å²) in [4.78, 5) is 52.1. The Kier molecular flexibility index (Phi) is 12.7. The lowest BCUT2D eigenvalue weighted by Crippen LogP contribution is -2.52. The Morgan fingerprint density at radius 1 is 1.04 bits per heavy atom. The van der Waals surface area contributed by atoms with Crippen LogP contribution in [-0.2, 0) is 40.3 Å². The summed E-state index contributed by atoms with van der Waals surface area (Å²) < 4.78 is 44.1. The second-order valence-corrected chi connectivity index (χ2v) is 14.2. The summed E-state index contributed by atoms with van der Waals surface area (Å²) >= 11 is 0. The number of hydrogen-bond donors (Lipinski definition) is 1. The van der Waals surface area contributed by atoms with Gasteiger partial charge in [0, 0.05) is 26.4 Å². The molecular weight excluding hydrogens is 614 g/mol. The summed E-state index contributed by atoms with van der Waals surface area (Å²) in [5.41, 5.74) is 0.727. The number of nitrogens with one attached hydrogen (secondary N) is 1. The third kappa shape index (κ3) is 10.5. The zero-order valence-corrected chi connectivity index (χ0v) is 28.2. The van der Waals surface area contributed by atoms with E-state index in [4.69, 9.17) is 14.2 Å². The van der Waals surface area contributed by atoms with Crippen LogP contribution in [0.15, 0.2) is 53.4 Å². The van der Waals surface area contributed by atoms with Crippen LogP contribution in [0.2, 0.25) is 0 Å². The summed E-state index contributed by atoms with van der Waals surface area (Å²) in [6.07, 6.45) is 1.21. The normalized spacial score (nSPS) is 15.9. The lowest BCUT2D eigenvalue weighted by molar-refractivity contribution is -0.158. The molecule has 0 bridgehead atoms. The number of hydrogen-bond acceptors (Lipinski definition) is 9. The smallest absolute Gasteiger partial charge is 0.415 e. The number of likely N-dealkylation sites (N-methyl/N-ethyl adjacent to an activating group) is 1. The molecule has 12 nitrogen and oxygen atoms in total. The number of carbonyl (C=O) groups is 4. The first-order valence-electron chi connectivity index (χ1n) is 15.4. The summed E-state index contributed by atoms with van der Waals surface area (Å²) in [5, 5.41) is 2.74. The molecule has 2 atom stereocenters. The van der Waals surface area contributed by atoms with Crippen LogP contribution in [0.4, 0.5) is 4.79 Å². The molecule has 0 aliphatic carbocycles. The van der Waals surface area contributed by atoms with Crippen LogP contribution in [-0.4, -0.2) is 86.0 Å². The van der Waals surface area contributed by atoms with Gasteiger partial charge in [0.15, 0.2) is 0 Å². The fourth-order valence-corrected chi connectivity index (χ4v) is 6.40. The highest BCUT2D eigenvalue weighted by Crippen LogP contribution is 2.27. The van der Waals surface area contributed by atoms with Crippen molar-refractivity contribution in [3.05, 3.63) is 59.7 Å². The van der Waals surface area contributed by atoms with Crippen LogP contribution in [0.1, 0.15) is 64.5 Å². The number of benzene rings is 2. The minimum absolute atomic E-state index is 0.0509. The van der Waals surface area contributed by atoms with Crippen molar-refractivity contribution in [2.45, 2.75) is 89.3 Å². The molecule has 1 fully saturated rings. The SMILES string of the molecule is CCCC(=O)OCCN(C)C(=O)Oc1ccc(C[C@H](NC(=O)[C@@H]2CCCN2S(=O)(=O)c2ccc(C)cc2)C(=O)OC(C)(C)C)cc1. The number of amides is 2. The van der Waals surface area contributed by atoms with Gasteiger partial charge in [-0.3, -0.25) is 9.59 Å². The van der Waals surface area contributed by atoms with Crippen molar-refractivity contribution in [2.24, 2.45) is 0 Å². The maximum atomic E-state index is 13.5. The van der Waals surface area contributed by atoms with Crippen LogP contribution in [0, 0.1) is 6.92 Å². The Hall–Kier alpha value is -3.97. The molecule has 2 amide bonds. The van der Waals surface area contributed by atoms with Crippen LogP contribution >= 0.6 is 0 Å². The lowest BCUT2D eigenvalue weighted by Gasteiger charge is -2.28. The molecule has 2 aromatic carbocycles. The van der Waals surface area contributed by atoms with E-state index in [1.165, 1.54) is 28.4 Å². The first kappa shape index (κ1) is 36.5. The van der Waals surface area contributed by atoms with Gasteiger partial charge in [-0.15, -0.1) is 0 Å². The van der Waals surface area contributed by atoms with Crippen LogP contribution in [0.25, 0.3) is 0 Å². The first-order valence-corrected chi connectivity index (χ1v) is 16.8. The second-order valence-electron chi connectivity index (χ2n) is 12.3. The molecule has 3 rings (SSSR count). The third-order valence-electron chi connectivity index (χ3n) is 7.17. The molecule has 1 heterocycles. The molecule has 1 saturated heterocycles. The zero-order valence-electron chi connectivity index (χ0n) is 27.4. The van der Waals surface area contributed by atoms with E-state index < -0.39 is 45.7 Å². The molecule has 0 saturated carbocycles. The predicted molar refractivity (Wildman–Crippen MR) is 171 cm³/mol. The second kappa shape index (κ2) is 16.0. The molecule has 46 heavy (non-hydrogen) atoms. The largest absolute Gasteiger partial charge is 0.464 e. The summed E-state index contributed by atoms with van der Waals surface area (Å²) in [5.74, 6) is -1.32. The number of carbonyl (C=O) groups excluding carboxylic acids is 4. The third-order valence-corrected chi connectivity index (χ3v) is 9.09. The van der Waals surface area contributed by atoms with Gasteiger partial charge in [0.2, 0.25) is 15.9 Å². The Morgan fingerprint density at radius 2 is 1.70 bits per heavy atom. The van der Waals surface area contributed by atoms with Gasteiger partial charge in [0.05, 0.1) is 11.4 Å². The quantitative estimate of drug-likeness (QED) is 0.315. The number of ether oxygens (including phenoxy) is 3. The van der Waals surface area contributed by atoms with Gasteiger partial charge in [0.1, 0.15) is 30.0 Å². The molecule has 0 aromatic heterocycles. The van der Waals surface area contributed by atoms with E-state index in [-0.39, 0.29) is 42.7 Å². The van der Waals surface area contributed by atoms with Gasteiger partial charge < -0.3 is 24.4 Å². The highest BCUT2D eigenvalue weighted by molar-refractivity contribution is 7.89. The standard InChI is InChI=1S/C33H45N3O9S/c1-7-9-29(37)43-21-20-35(6)32(40)44-25-15-13-24(14-16-25)22-27(31(39)45-33(3,4)5)34-30(38)28-10-8-19-36(28)46(41,42)26-17-11-23(2)12-18-26/h11-18,27-28H,7-10,19-22H2,1-6H3,(H,34,38)/t27-,28-/m0/s1. The Labute approximate surface area is 271 Å². The average Bonchev–Trinajstić information content (AvgIpc) is 3.49. The van der Waals surface area contributed by atoms with Gasteiger partial charge in [-0.2, -0.15) is 4.31 Å². The van der Waals surface area contributed by atoms with Crippen LogP contribution < -0.4 is 10.1 Å². The van der Waals surface area contributed by atoms with Gasteiger partial charge in [-0.25, -0.2) is 18.0 Å². The summed E-state index contributed by atoms with van der Waals surface area (Å²) in [7, 11) is -2.41. The molecular formula is C33H45N3O9S. The summed E-state index contributed by atoms with van der Waals surface area (Å²) in [6, 6.07) is 10.8.